The maximum atomic E-state index is 11.1. The topological polar surface area (TPSA) is 43.7 Å². The number of rotatable bonds is 4. The lowest BCUT2D eigenvalue weighted by molar-refractivity contribution is -0.119. The van der Waals surface area contributed by atoms with Crippen LogP contribution in [0.4, 0.5) is 0 Å². The SMILES string of the molecule is CN(C)CC(c1ccc(Cl)cc1)[C@]1(O)CCCCC1O. The van der Waals surface area contributed by atoms with Crippen molar-refractivity contribution in [3.63, 3.8) is 0 Å². The van der Waals surface area contributed by atoms with Gasteiger partial charge in [-0.15, -0.1) is 0 Å². The van der Waals surface area contributed by atoms with E-state index < -0.39 is 11.7 Å². The van der Waals surface area contributed by atoms with Gasteiger partial charge in [-0.1, -0.05) is 36.6 Å². The average Bonchev–Trinajstić information content (AvgIpc) is 2.40. The summed E-state index contributed by atoms with van der Waals surface area (Å²) in [7, 11) is 3.98. The first kappa shape index (κ1) is 15.8. The van der Waals surface area contributed by atoms with Crippen molar-refractivity contribution in [1.29, 1.82) is 0 Å². The second kappa shape index (κ2) is 6.44. The first-order valence-electron chi connectivity index (χ1n) is 7.24. The highest BCUT2D eigenvalue weighted by Crippen LogP contribution is 2.40. The highest BCUT2D eigenvalue weighted by atomic mass is 35.5. The van der Waals surface area contributed by atoms with Gasteiger partial charge in [0.05, 0.1) is 11.7 Å². The van der Waals surface area contributed by atoms with Gasteiger partial charge >= 0.3 is 0 Å². The Kier molecular flexibility index (Phi) is 5.08. The minimum Gasteiger partial charge on any atom is -0.390 e. The number of aliphatic hydroxyl groups excluding tert-OH is 1. The zero-order valence-corrected chi connectivity index (χ0v) is 13.0. The van der Waals surface area contributed by atoms with Gasteiger partial charge in [-0.05, 0) is 44.6 Å². The number of aliphatic hydroxyl groups is 2. The van der Waals surface area contributed by atoms with Crippen molar-refractivity contribution in [3.05, 3.63) is 34.9 Å². The van der Waals surface area contributed by atoms with Crippen molar-refractivity contribution in [2.75, 3.05) is 20.6 Å². The van der Waals surface area contributed by atoms with Crippen LogP contribution in [0, 0.1) is 0 Å². The predicted octanol–water partition coefficient (Wildman–Crippen LogP) is 2.65. The highest BCUT2D eigenvalue weighted by molar-refractivity contribution is 6.30. The fourth-order valence-corrected chi connectivity index (χ4v) is 3.31. The third kappa shape index (κ3) is 3.34. The van der Waals surface area contributed by atoms with E-state index in [9.17, 15) is 10.2 Å². The molecule has 0 heterocycles. The standard InChI is InChI=1S/C16H24ClNO2/c1-18(2)11-14(12-6-8-13(17)9-7-12)16(20)10-4-3-5-15(16)19/h6-9,14-15,19-20H,3-5,10-11H2,1-2H3/t14?,15?,16-/m1/s1. The Morgan fingerprint density at radius 3 is 2.50 bits per heavy atom. The Hall–Kier alpha value is -0.610. The highest BCUT2D eigenvalue weighted by Gasteiger charge is 2.45. The zero-order valence-electron chi connectivity index (χ0n) is 12.2. The lowest BCUT2D eigenvalue weighted by Gasteiger charge is -2.44. The molecule has 0 saturated heterocycles. The molecule has 3 nitrogen and oxygen atoms in total. The van der Waals surface area contributed by atoms with Crippen LogP contribution in [0.5, 0.6) is 0 Å². The van der Waals surface area contributed by atoms with Crippen molar-refractivity contribution in [3.8, 4) is 0 Å². The second-order valence-corrected chi connectivity index (χ2v) is 6.56. The van der Waals surface area contributed by atoms with Crippen molar-refractivity contribution < 1.29 is 10.2 Å². The second-order valence-electron chi connectivity index (χ2n) is 6.12. The smallest absolute Gasteiger partial charge is 0.0985 e. The van der Waals surface area contributed by atoms with Gasteiger partial charge in [0.15, 0.2) is 0 Å². The molecule has 2 N–H and O–H groups in total. The van der Waals surface area contributed by atoms with Crippen LogP contribution < -0.4 is 0 Å². The molecule has 0 amide bonds. The van der Waals surface area contributed by atoms with Crippen LogP contribution in [0.25, 0.3) is 0 Å². The number of benzene rings is 1. The number of hydrogen-bond acceptors (Lipinski definition) is 3. The summed E-state index contributed by atoms with van der Waals surface area (Å²) in [5, 5.41) is 22.1. The lowest BCUT2D eigenvalue weighted by atomic mass is 9.71. The lowest BCUT2D eigenvalue weighted by Crippen LogP contribution is -2.52. The van der Waals surface area contributed by atoms with Gasteiger partial charge in [0.25, 0.3) is 0 Å². The summed E-state index contributed by atoms with van der Waals surface area (Å²) in [6, 6.07) is 7.60. The summed E-state index contributed by atoms with van der Waals surface area (Å²) in [5.74, 6) is -0.106. The Labute approximate surface area is 126 Å². The van der Waals surface area contributed by atoms with Crippen molar-refractivity contribution in [2.45, 2.75) is 43.3 Å². The fraction of sp³-hybridized carbons (Fsp3) is 0.625. The van der Waals surface area contributed by atoms with Gasteiger partial charge in [-0.2, -0.15) is 0 Å². The molecular formula is C16H24ClNO2. The number of nitrogens with zero attached hydrogens (tertiary/aromatic N) is 1. The average molecular weight is 298 g/mol. The van der Waals surface area contributed by atoms with E-state index in [4.69, 9.17) is 11.6 Å². The maximum absolute atomic E-state index is 11.1. The largest absolute Gasteiger partial charge is 0.390 e. The van der Waals surface area contributed by atoms with E-state index in [2.05, 4.69) is 4.90 Å². The molecule has 112 valence electrons. The molecule has 1 aromatic rings. The summed E-state index contributed by atoms with van der Waals surface area (Å²) in [4.78, 5) is 2.05. The van der Waals surface area contributed by atoms with E-state index in [0.29, 0.717) is 24.4 Å². The Morgan fingerprint density at radius 2 is 1.95 bits per heavy atom. The summed E-state index contributed by atoms with van der Waals surface area (Å²) in [5.41, 5.74) is -0.0114. The summed E-state index contributed by atoms with van der Waals surface area (Å²) >= 11 is 5.95. The first-order chi connectivity index (χ1) is 9.43. The molecule has 1 fully saturated rings. The van der Waals surface area contributed by atoms with Crippen LogP contribution in [-0.2, 0) is 0 Å². The molecule has 2 unspecified atom stereocenters. The van der Waals surface area contributed by atoms with Crippen LogP contribution in [0.15, 0.2) is 24.3 Å². The van der Waals surface area contributed by atoms with E-state index in [-0.39, 0.29) is 5.92 Å². The molecule has 0 aromatic heterocycles. The normalized spacial score (nSPS) is 28.6. The van der Waals surface area contributed by atoms with Gasteiger partial charge in [-0.25, -0.2) is 0 Å². The Balaban J connectivity index is 2.33. The molecule has 1 aliphatic rings. The molecule has 1 saturated carbocycles. The third-order valence-corrected chi connectivity index (χ3v) is 4.56. The van der Waals surface area contributed by atoms with Crippen LogP contribution in [0.1, 0.15) is 37.2 Å². The van der Waals surface area contributed by atoms with Crippen LogP contribution >= 0.6 is 11.6 Å². The molecule has 1 aliphatic carbocycles. The van der Waals surface area contributed by atoms with Crippen LogP contribution in [-0.4, -0.2) is 47.5 Å². The minimum absolute atomic E-state index is 0.106. The van der Waals surface area contributed by atoms with Gasteiger partial charge < -0.3 is 15.1 Å². The van der Waals surface area contributed by atoms with E-state index >= 15 is 0 Å². The van der Waals surface area contributed by atoms with Gasteiger partial charge in [0.2, 0.25) is 0 Å². The van der Waals surface area contributed by atoms with Crippen LogP contribution in [0.2, 0.25) is 5.02 Å². The van der Waals surface area contributed by atoms with E-state index in [1.165, 1.54) is 0 Å². The molecule has 0 spiro atoms. The minimum atomic E-state index is -1.05. The number of hydrogen-bond donors (Lipinski definition) is 2. The molecule has 0 bridgehead atoms. The molecule has 4 heteroatoms. The van der Waals surface area contributed by atoms with Crippen LogP contribution in [0.3, 0.4) is 0 Å². The summed E-state index contributed by atoms with van der Waals surface area (Å²) in [6.07, 6.45) is 2.62. The molecule has 2 rings (SSSR count). The Morgan fingerprint density at radius 1 is 1.30 bits per heavy atom. The first-order valence-corrected chi connectivity index (χ1v) is 7.62. The molecule has 1 aromatic carbocycles. The molecule has 0 radical (unpaired) electrons. The summed E-state index contributed by atoms with van der Waals surface area (Å²) < 4.78 is 0. The molecule has 0 aliphatic heterocycles. The Bertz CT molecular complexity index is 435. The van der Waals surface area contributed by atoms with Gasteiger partial charge in [0.1, 0.15) is 0 Å². The number of likely N-dealkylation sites (N-methyl/N-ethyl adjacent to an activating group) is 1. The van der Waals surface area contributed by atoms with E-state index in [0.717, 1.165) is 18.4 Å². The van der Waals surface area contributed by atoms with Crippen molar-refractivity contribution in [1.82, 2.24) is 4.90 Å². The van der Waals surface area contributed by atoms with E-state index in [1.54, 1.807) is 0 Å². The van der Waals surface area contributed by atoms with Gasteiger partial charge in [-0.3, -0.25) is 0 Å². The molecule has 3 atom stereocenters. The molecule has 20 heavy (non-hydrogen) atoms. The van der Waals surface area contributed by atoms with Crippen molar-refractivity contribution in [2.24, 2.45) is 0 Å². The fourth-order valence-electron chi connectivity index (χ4n) is 3.18. The monoisotopic (exact) mass is 297 g/mol. The number of halogens is 1. The zero-order chi connectivity index (χ0) is 14.8. The summed E-state index contributed by atoms with van der Waals surface area (Å²) in [6.45, 7) is 0.704. The van der Waals surface area contributed by atoms with Crippen molar-refractivity contribution >= 4 is 11.6 Å². The maximum Gasteiger partial charge on any atom is 0.0985 e. The van der Waals surface area contributed by atoms with Gasteiger partial charge in [0, 0.05) is 17.5 Å². The quantitative estimate of drug-likeness (QED) is 0.898. The molecular weight excluding hydrogens is 274 g/mol. The predicted molar refractivity (Wildman–Crippen MR) is 82.2 cm³/mol. The third-order valence-electron chi connectivity index (χ3n) is 4.31. The van der Waals surface area contributed by atoms with E-state index in [1.807, 2.05) is 38.4 Å².